The third-order valence-corrected chi connectivity index (χ3v) is 2.51. The minimum absolute atomic E-state index is 0.448. The van der Waals surface area contributed by atoms with Crippen molar-refractivity contribution in [3.8, 4) is 0 Å². The molecular weight excluding hydrogens is 172 g/mol. The topological polar surface area (TPSA) is 12.5 Å². The highest BCUT2D eigenvalue weighted by atomic mass is 35.5. The van der Waals surface area contributed by atoms with Crippen LogP contribution in [0.3, 0.4) is 0 Å². The predicted octanol–water partition coefficient (Wildman–Crippen LogP) is 2.59. The second-order valence-corrected chi connectivity index (χ2v) is 3.65. The molecular formula is C10H11ClO. The van der Waals surface area contributed by atoms with Gasteiger partial charge in [0.1, 0.15) is 0 Å². The van der Waals surface area contributed by atoms with Crippen LogP contribution in [0.2, 0.25) is 5.02 Å². The highest BCUT2D eigenvalue weighted by Crippen LogP contribution is 2.21. The normalized spacial score (nSPS) is 21.0. The molecule has 1 atom stereocenters. The summed E-state index contributed by atoms with van der Waals surface area (Å²) in [7, 11) is 0. The number of hydrogen-bond donors (Lipinski definition) is 0. The van der Waals surface area contributed by atoms with Crippen molar-refractivity contribution in [3.05, 3.63) is 34.3 Å². The zero-order chi connectivity index (χ0) is 8.55. The van der Waals surface area contributed by atoms with E-state index in [1.807, 2.05) is 13.0 Å². The molecule has 0 amide bonds. The molecule has 1 nitrogen and oxygen atoms in total. The maximum absolute atomic E-state index is 5.98. The smallest absolute Gasteiger partial charge is 0.0850 e. The molecule has 0 saturated carbocycles. The summed E-state index contributed by atoms with van der Waals surface area (Å²) in [5, 5.41) is 0.855. The summed E-state index contributed by atoms with van der Waals surface area (Å²) >= 11 is 5.98. The Kier molecular flexibility index (Phi) is 2.07. The van der Waals surface area contributed by atoms with Crippen LogP contribution in [0.4, 0.5) is 0 Å². The summed E-state index contributed by atoms with van der Waals surface area (Å²) < 4.78 is 5.14. The first-order valence-electron chi connectivity index (χ1n) is 4.12. The summed E-state index contributed by atoms with van der Waals surface area (Å²) in [6.07, 6.45) is 1.45. The van der Waals surface area contributed by atoms with E-state index in [2.05, 4.69) is 12.1 Å². The molecule has 1 aromatic carbocycles. The Morgan fingerprint density at radius 1 is 1.58 bits per heavy atom. The van der Waals surface area contributed by atoms with E-state index in [-0.39, 0.29) is 0 Å². The zero-order valence-electron chi connectivity index (χ0n) is 7.01. The molecule has 1 aliphatic rings. The second-order valence-electron chi connectivity index (χ2n) is 3.24. The van der Waals surface area contributed by atoms with Crippen LogP contribution in [-0.4, -0.2) is 12.7 Å². The van der Waals surface area contributed by atoms with E-state index < -0.39 is 0 Å². The second kappa shape index (κ2) is 3.08. The minimum Gasteiger partial charge on any atom is -0.373 e. The lowest BCUT2D eigenvalue weighted by Gasteiger charge is -2.01. The average Bonchev–Trinajstić information content (AvgIpc) is 2.81. The van der Waals surface area contributed by atoms with Crippen molar-refractivity contribution in [2.75, 3.05) is 6.61 Å². The molecule has 0 aromatic heterocycles. The molecule has 2 rings (SSSR count). The van der Waals surface area contributed by atoms with Crippen molar-refractivity contribution in [1.82, 2.24) is 0 Å². The van der Waals surface area contributed by atoms with Crippen LogP contribution < -0.4 is 0 Å². The minimum atomic E-state index is 0.448. The zero-order valence-corrected chi connectivity index (χ0v) is 7.77. The number of halogens is 1. The van der Waals surface area contributed by atoms with Crippen molar-refractivity contribution in [2.45, 2.75) is 19.4 Å². The van der Waals surface area contributed by atoms with Crippen LogP contribution in [0.5, 0.6) is 0 Å². The van der Waals surface area contributed by atoms with Crippen LogP contribution >= 0.6 is 11.6 Å². The quantitative estimate of drug-likeness (QED) is 0.641. The number of ether oxygens (including phenoxy) is 1. The fraction of sp³-hybridized carbons (Fsp3) is 0.400. The molecule has 2 heteroatoms. The summed E-state index contributed by atoms with van der Waals surface area (Å²) in [5.74, 6) is 0. The molecule has 1 aliphatic heterocycles. The van der Waals surface area contributed by atoms with Gasteiger partial charge in [0.25, 0.3) is 0 Å². The van der Waals surface area contributed by atoms with Gasteiger partial charge in [0, 0.05) is 11.4 Å². The van der Waals surface area contributed by atoms with Gasteiger partial charge in [0.15, 0.2) is 0 Å². The molecule has 12 heavy (non-hydrogen) atoms. The molecule has 0 aliphatic carbocycles. The molecule has 1 unspecified atom stereocenters. The lowest BCUT2D eigenvalue weighted by atomic mass is 10.1. The van der Waals surface area contributed by atoms with Crippen molar-refractivity contribution < 1.29 is 4.74 Å². The van der Waals surface area contributed by atoms with E-state index in [1.54, 1.807) is 0 Å². The summed E-state index contributed by atoms with van der Waals surface area (Å²) in [6.45, 7) is 2.92. The van der Waals surface area contributed by atoms with Gasteiger partial charge in [0.05, 0.1) is 12.7 Å². The highest BCUT2D eigenvalue weighted by molar-refractivity contribution is 6.31. The molecule has 0 bridgehead atoms. The van der Waals surface area contributed by atoms with Crippen LogP contribution in [0.15, 0.2) is 18.2 Å². The van der Waals surface area contributed by atoms with Gasteiger partial charge < -0.3 is 4.74 Å². The first kappa shape index (κ1) is 8.09. The first-order chi connectivity index (χ1) is 5.75. The van der Waals surface area contributed by atoms with Gasteiger partial charge in [-0.25, -0.2) is 0 Å². The van der Waals surface area contributed by atoms with Gasteiger partial charge >= 0.3 is 0 Å². The van der Waals surface area contributed by atoms with E-state index in [9.17, 15) is 0 Å². The van der Waals surface area contributed by atoms with Crippen LogP contribution in [0, 0.1) is 6.92 Å². The standard InChI is InChI=1S/C10H11ClO/c1-7-2-3-8(5-10(7)11)4-9-6-12-9/h2-3,5,9H,4,6H2,1H3. The Hall–Kier alpha value is -0.530. The fourth-order valence-corrected chi connectivity index (χ4v) is 1.42. The van der Waals surface area contributed by atoms with Crippen LogP contribution in [0.1, 0.15) is 11.1 Å². The molecule has 1 fully saturated rings. The van der Waals surface area contributed by atoms with Gasteiger partial charge in [-0.1, -0.05) is 23.7 Å². The van der Waals surface area contributed by atoms with Crippen molar-refractivity contribution in [3.63, 3.8) is 0 Å². The fourth-order valence-electron chi connectivity index (χ4n) is 1.21. The molecule has 0 radical (unpaired) electrons. The number of epoxide rings is 1. The lowest BCUT2D eigenvalue weighted by Crippen LogP contribution is -1.92. The number of benzene rings is 1. The number of rotatable bonds is 2. The first-order valence-corrected chi connectivity index (χ1v) is 4.50. The van der Waals surface area contributed by atoms with Gasteiger partial charge in [-0.05, 0) is 24.1 Å². The monoisotopic (exact) mass is 182 g/mol. The molecule has 0 N–H and O–H groups in total. The molecule has 1 saturated heterocycles. The van der Waals surface area contributed by atoms with E-state index in [0.717, 1.165) is 23.6 Å². The van der Waals surface area contributed by atoms with Crippen molar-refractivity contribution in [1.29, 1.82) is 0 Å². The summed E-state index contributed by atoms with van der Waals surface area (Å²) in [4.78, 5) is 0. The third kappa shape index (κ3) is 1.79. The van der Waals surface area contributed by atoms with Crippen LogP contribution in [-0.2, 0) is 11.2 Å². The Bertz CT molecular complexity index is 292. The maximum atomic E-state index is 5.98. The summed E-state index contributed by atoms with van der Waals surface area (Å²) in [6, 6.07) is 6.20. The molecule has 0 spiro atoms. The van der Waals surface area contributed by atoms with Gasteiger partial charge in [-0.2, -0.15) is 0 Å². The number of aryl methyl sites for hydroxylation is 1. The van der Waals surface area contributed by atoms with Gasteiger partial charge in [0.2, 0.25) is 0 Å². The third-order valence-electron chi connectivity index (χ3n) is 2.10. The Balaban J connectivity index is 2.15. The SMILES string of the molecule is Cc1ccc(CC2CO2)cc1Cl. The maximum Gasteiger partial charge on any atom is 0.0850 e. The van der Waals surface area contributed by atoms with E-state index >= 15 is 0 Å². The van der Waals surface area contributed by atoms with Gasteiger partial charge in [-0.3, -0.25) is 0 Å². The summed E-state index contributed by atoms with van der Waals surface area (Å²) in [5.41, 5.74) is 2.41. The predicted molar refractivity (Wildman–Crippen MR) is 49.6 cm³/mol. The molecule has 1 aromatic rings. The van der Waals surface area contributed by atoms with E-state index in [1.165, 1.54) is 5.56 Å². The average molecular weight is 183 g/mol. The van der Waals surface area contributed by atoms with Gasteiger partial charge in [-0.15, -0.1) is 0 Å². The Morgan fingerprint density at radius 2 is 2.33 bits per heavy atom. The van der Waals surface area contributed by atoms with Crippen molar-refractivity contribution in [2.24, 2.45) is 0 Å². The Labute approximate surface area is 77.3 Å². The lowest BCUT2D eigenvalue weighted by molar-refractivity contribution is 0.407. The Morgan fingerprint density at radius 3 is 2.92 bits per heavy atom. The van der Waals surface area contributed by atoms with Crippen molar-refractivity contribution >= 4 is 11.6 Å². The largest absolute Gasteiger partial charge is 0.373 e. The molecule has 1 heterocycles. The number of hydrogen-bond acceptors (Lipinski definition) is 1. The van der Waals surface area contributed by atoms with Crippen LogP contribution in [0.25, 0.3) is 0 Å². The highest BCUT2D eigenvalue weighted by Gasteiger charge is 2.22. The van der Waals surface area contributed by atoms with E-state index in [0.29, 0.717) is 6.10 Å². The van der Waals surface area contributed by atoms with E-state index in [4.69, 9.17) is 16.3 Å². The molecule has 64 valence electrons.